The van der Waals surface area contributed by atoms with Crippen LogP contribution >= 0.6 is 0 Å². The Morgan fingerprint density at radius 2 is 1.42 bits per heavy atom. The van der Waals surface area contributed by atoms with E-state index in [0.717, 1.165) is 24.0 Å². The zero-order chi connectivity index (χ0) is 43.8. The first-order valence-corrected chi connectivity index (χ1v) is 21.3. The molecule has 0 spiro atoms. The first kappa shape index (κ1) is 49.2. The summed E-state index contributed by atoms with van der Waals surface area (Å²) in [5.41, 5.74) is 1.86. The highest BCUT2D eigenvalue weighted by Gasteiger charge is 2.44. The second-order valence-electron chi connectivity index (χ2n) is 16.8. The van der Waals surface area contributed by atoms with Crippen molar-refractivity contribution >= 4 is 29.5 Å². The molecule has 3 rings (SSSR count). The molecule has 1 aliphatic rings. The van der Waals surface area contributed by atoms with Crippen molar-refractivity contribution in [2.24, 2.45) is 23.7 Å². The van der Waals surface area contributed by atoms with Crippen molar-refractivity contribution in [2.75, 3.05) is 34.9 Å². The number of imide groups is 1. The Bertz CT molecular complexity index is 1630. The van der Waals surface area contributed by atoms with Crippen molar-refractivity contribution in [3.63, 3.8) is 0 Å². The van der Waals surface area contributed by atoms with Gasteiger partial charge in [0.25, 0.3) is 0 Å². The Labute approximate surface area is 353 Å². The molecule has 0 aliphatic carbocycles. The van der Waals surface area contributed by atoms with Crippen LogP contribution in [-0.2, 0) is 46.4 Å². The van der Waals surface area contributed by atoms with Crippen LogP contribution in [-0.4, -0.2) is 117 Å². The van der Waals surface area contributed by atoms with Crippen LogP contribution in [0, 0.1) is 23.7 Å². The number of hydrogen-bond acceptors (Lipinski definition) is 9. The number of carbonyl (C=O) groups is 5. The van der Waals surface area contributed by atoms with Crippen molar-refractivity contribution in [1.29, 1.82) is 0 Å². The molecule has 59 heavy (non-hydrogen) atoms. The zero-order valence-corrected chi connectivity index (χ0v) is 37.3. The number of nitrogens with one attached hydrogen (secondary N) is 4. The Hall–Kier alpha value is -4.17. The van der Waals surface area contributed by atoms with Gasteiger partial charge >= 0.3 is 0 Å². The maximum absolute atomic E-state index is 14.4. The maximum Gasteiger partial charge on any atom is 0.244 e. The van der Waals surface area contributed by atoms with Crippen molar-refractivity contribution in [3.05, 3.63) is 71.8 Å². The summed E-state index contributed by atoms with van der Waals surface area (Å²) in [6.45, 7) is 14.5. The van der Waals surface area contributed by atoms with Crippen molar-refractivity contribution < 1.29 is 33.4 Å². The molecule has 2 aromatic rings. The number of carbonyl (C=O) groups excluding carboxylic acids is 5. The number of rotatable bonds is 23. The first-order chi connectivity index (χ1) is 28.1. The SMILES string of the molecule is CC[C@H](C)[C@@H]([C@@H](CC(=O)N1CCC[C@H]1[C@H](OC)[C@@H](C)C(=O)N[C@@H](Cc1ccccc1)C(=O)NCc1ccccc1)OC)N(C)[C@H](C(=O)NC(=O)[C@@H](NC)C(C)C)C(C)C. The quantitative estimate of drug-likeness (QED) is 0.128. The van der Waals surface area contributed by atoms with Crippen LogP contribution in [0.25, 0.3) is 0 Å². The molecular formula is C46H72N6O7. The number of methoxy groups -OCH3 is 2. The largest absolute Gasteiger partial charge is 0.379 e. The van der Waals surface area contributed by atoms with E-state index >= 15 is 0 Å². The molecule has 2 aromatic carbocycles. The molecule has 0 aromatic heterocycles. The fourth-order valence-electron chi connectivity index (χ4n) is 8.65. The van der Waals surface area contributed by atoms with Crippen LogP contribution in [0.5, 0.6) is 0 Å². The first-order valence-electron chi connectivity index (χ1n) is 21.3. The number of amides is 5. The fraction of sp³-hybridized carbons (Fsp3) is 0.630. The van der Waals surface area contributed by atoms with E-state index in [1.165, 1.54) is 0 Å². The second-order valence-corrected chi connectivity index (χ2v) is 16.8. The minimum absolute atomic E-state index is 0.0162. The lowest BCUT2D eigenvalue weighted by Gasteiger charge is -2.43. The summed E-state index contributed by atoms with van der Waals surface area (Å²) in [7, 11) is 6.71. The van der Waals surface area contributed by atoms with E-state index in [1.54, 1.807) is 33.1 Å². The molecular weight excluding hydrogens is 749 g/mol. The Morgan fingerprint density at radius 1 is 0.814 bits per heavy atom. The molecule has 4 N–H and O–H groups in total. The van der Waals surface area contributed by atoms with Gasteiger partial charge in [0.2, 0.25) is 29.5 Å². The summed E-state index contributed by atoms with van der Waals surface area (Å²) in [4.78, 5) is 72.7. The van der Waals surface area contributed by atoms with Gasteiger partial charge in [0, 0.05) is 39.8 Å². The highest BCUT2D eigenvalue weighted by Crippen LogP contribution is 2.30. The normalized spacial score (nSPS) is 18.4. The van der Waals surface area contributed by atoms with Crippen LogP contribution in [0.4, 0.5) is 0 Å². The van der Waals surface area contributed by atoms with E-state index in [2.05, 4.69) is 35.1 Å². The number of likely N-dealkylation sites (tertiary alicyclic amines) is 1. The van der Waals surface area contributed by atoms with Gasteiger partial charge in [0.1, 0.15) is 6.04 Å². The van der Waals surface area contributed by atoms with Crippen LogP contribution < -0.4 is 21.3 Å². The van der Waals surface area contributed by atoms with Crippen LogP contribution in [0.15, 0.2) is 60.7 Å². The van der Waals surface area contributed by atoms with Crippen LogP contribution in [0.1, 0.15) is 85.3 Å². The second kappa shape index (κ2) is 24.2. The minimum atomic E-state index is -0.832. The Kier molecular flexibility index (Phi) is 20.2. The van der Waals surface area contributed by atoms with E-state index < -0.39 is 42.2 Å². The number of hydrogen-bond donors (Lipinski definition) is 4. The van der Waals surface area contributed by atoms with Gasteiger partial charge in [-0.1, -0.05) is 116 Å². The summed E-state index contributed by atoms with van der Waals surface area (Å²) in [6, 6.07) is 16.4. The molecule has 13 heteroatoms. The van der Waals surface area contributed by atoms with E-state index in [0.29, 0.717) is 25.9 Å². The predicted molar refractivity (Wildman–Crippen MR) is 231 cm³/mol. The van der Waals surface area contributed by atoms with Gasteiger partial charge in [-0.3, -0.25) is 34.2 Å². The van der Waals surface area contributed by atoms with Crippen molar-refractivity contribution in [2.45, 2.75) is 130 Å². The van der Waals surface area contributed by atoms with Gasteiger partial charge in [-0.15, -0.1) is 0 Å². The number of likely N-dealkylation sites (N-methyl/N-ethyl adjacent to an activating group) is 2. The van der Waals surface area contributed by atoms with Gasteiger partial charge in [0.15, 0.2) is 0 Å². The smallest absolute Gasteiger partial charge is 0.244 e. The third-order valence-corrected chi connectivity index (χ3v) is 12.0. The monoisotopic (exact) mass is 821 g/mol. The average molecular weight is 821 g/mol. The number of benzene rings is 2. The Balaban J connectivity index is 1.79. The molecule has 5 amide bonds. The molecule has 0 bridgehead atoms. The molecule has 328 valence electrons. The third-order valence-electron chi connectivity index (χ3n) is 12.0. The van der Waals surface area contributed by atoms with Crippen LogP contribution in [0.3, 0.4) is 0 Å². The molecule has 1 aliphatic heterocycles. The number of nitrogens with zero attached hydrogens (tertiary/aromatic N) is 2. The molecule has 0 unspecified atom stereocenters. The molecule has 13 nitrogen and oxygen atoms in total. The summed E-state index contributed by atoms with van der Waals surface area (Å²) in [6.07, 6.45) is 1.28. The number of ether oxygens (including phenoxy) is 2. The van der Waals surface area contributed by atoms with E-state index in [1.807, 2.05) is 100 Å². The lowest BCUT2D eigenvalue weighted by atomic mass is 9.87. The molecule has 1 fully saturated rings. The van der Waals surface area contributed by atoms with Gasteiger partial charge in [-0.05, 0) is 55.8 Å². The summed E-state index contributed by atoms with van der Waals surface area (Å²) in [5, 5.41) is 11.6. The summed E-state index contributed by atoms with van der Waals surface area (Å²) in [5.74, 6) is -2.37. The molecule has 0 saturated carbocycles. The lowest BCUT2D eigenvalue weighted by Crippen LogP contribution is -2.60. The lowest BCUT2D eigenvalue weighted by molar-refractivity contribution is -0.144. The molecule has 1 heterocycles. The van der Waals surface area contributed by atoms with Gasteiger partial charge in [-0.2, -0.15) is 0 Å². The maximum atomic E-state index is 14.4. The minimum Gasteiger partial charge on any atom is -0.379 e. The third kappa shape index (κ3) is 13.7. The summed E-state index contributed by atoms with van der Waals surface area (Å²) < 4.78 is 12.1. The van der Waals surface area contributed by atoms with Gasteiger partial charge < -0.3 is 30.3 Å². The topological polar surface area (TPSA) is 158 Å². The van der Waals surface area contributed by atoms with E-state index in [9.17, 15) is 24.0 Å². The fourth-order valence-corrected chi connectivity index (χ4v) is 8.65. The highest BCUT2D eigenvalue weighted by atomic mass is 16.5. The van der Waals surface area contributed by atoms with Gasteiger partial charge in [0.05, 0.1) is 42.7 Å². The standard InChI is InChI=1S/C46H72N6O7/c1-12-31(6)41(51(9)40(30(4)5)46(57)50-45(56)39(47-8)29(2)3)37(58-10)27-38(53)52-25-19-24-36(52)42(59-11)32(7)43(54)49-35(26-33-20-15-13-16-21-33)44(55)48-28-34-22-17-14-18-23-34/h13-18,20-23,29-32,35-37,39-42,47H,12,19,24-28H2,1-11H3,(H,48,55)(H,49,54)(H,50,56,57)/t31-,32+,35-,36-,37+,39-,40-,41-,42+/m0/s1. The summed E-state index contributed by atoms with van der Waals surface area (Å²) >= 11 is 0. The van der Waals surface area contributed by atoms with Gasteiger partial charge in [-0.25, -0.2) is 0 Å². The average Bonchev–Trinajstić information content (AvgIpc) is 3.70. The molecule has 9 atom stereocenters. The van der Waals surface area contributed by atoms with Crippen molar-refractivity contribution in [1.82, 2.24) is 31.1 Å². The van der Waals surface area contributed by atoms with Crippen LogP contribution in [0.2, 0.25) is 0 Å². The highest BCUT2D eigenvalue weighted by molar-refractivity contribution is 6.00. The zero-order valence-electron chi connectivity index (χ0n) is 37.3. The molecule has 0 radical (unpaired) electrons. The predicted octanol–water partition coefficient (Wildman–Crippen LogP) is 4.34. The molecule has 1 saturated heterocycles. The Morgan fingerprint density at radius 3 is 1.95 bits per heavy atom. The van der Waals surface area contributed by atoms with Crippen molar-refractivity contribution in [3.8, 4) is 0 Å². The van der Waals surface area contributed by atoms with E-state index in [-0.39, 0.29) is 59.9 Å². The van der Waals surface area contributed by atoms with E-state index in [4.69, 9.17) is 9.47 Å².